The van der Waals surface area contributed by atoms with E-state index in [4.69, 9.17) is 4.74 Å². The number of unbranched alkanes of at least 4 members (excludes halogenated alkanes) is 1. The Morgan fingerprint density at radius 2 is 1.74 bits per heavy atom. The maximum Gasteiger partial charge on any atom is 0.330 e. The van der Waals surface area contributed by atoms with Crippen LogP contribution < -0.4 is 11.2 Å². The van der Waals surface area contributed by atoms with Gasteiger partial charge in [0.25, 0.3) is 5.56 Å². The van der Waals surface area contributed by atoms with Gasteiger partial charge >= 0.3 is 11.7 Å². The summed E-state index contributed by atoms with van der Waals surface area (Å²) in [6.07, 6.45) is 8.44. The number of hydrogen-bond acceptors (Lipinski definition) is 5. The van der Waals surface area contributed by atoms with Gasteiger partial charge in [0.1, 0.15) is 12.4 Å². The molecule has 0 spiro atoms. The number of aryl methyl sites for hydroxylation is 2. The minimum absolute atomic E-state index is 0.0323. The van der Waals surface area contributed by atoms with Crippen LogP contribution in [0.3, 0.4) is 0 Å². The van der Waals surface area contributed by atoms with Gasteiger partial charge in [0.05, 0.1) is 5.41 Å². The lowest BCUT2D eigenvalue weighted by Gasteiger charge is -2.55. The molecule has 4 fully saturated rings. The summed E-state index contributed by atoms with van der Waals surface area (Å²) in [6.45, 7) is 5.01. The third kappa shape index (κ3) is 3.34. The fourth-order valence-electron chi connectivity index (χ4n) is 6.84. The zero-order valence-electron chi connectivity index (χ0n) is 18.5. The summed E-state index contributed by atoms with van der Waals surface area (Å²) in [4.78, 5) is 45.2. The molecule has 0 amide bonds. The van der Waals surface area contributed by atoms with Crippen LogP contribution in [0.2, 0.25) is 0 Å². The van der Waals surface area contributed by atoms with Gasteiger partial charge in [-0.15, -0.1) is 0 Å². The lowest BCUT2D eigenvalue weighted by atomic mass is 9.49. The van der Waals surface area contributed by atoms with Gasteiger partial charge in [0.2, 0.25) is 0 Å². The van der Waals surface area contributed by atoms with Crippen LogP contribution >= 0.6 is 0 Å². The Morgan fingerprint density at radius 1 is 1.10 bits per heavy atom. The highest BCUT2D eigenvalue weighted by Gasteiger charge is 2.55. The second-order valence-corrected chi connectivity index (χ2v) is 9.98. The molecular weight excluding hydrogens is 396 g/mol. The number of fused-ring (bicyclic) bond motifs is 1. The topological polar surface area (TPSA) is 99.0 Å². The van der Waals surface area contributed by atoms with Gasteiger partial charge in [-0.3, -0.25) is 19.1 Å². The fraction of sp³-hybridized carbons (Fsp3) is 0.739. The van der Waals surface area contributed by atoms with E-state index in [0.717, 1.165) is 32.1 Å². The molecule has 2 aromatic heterocycles. The first kappa shape index (κ1) is 20.5. The molecule has 8 heteroatoms. The second-order valence-electron chi connectivity index (χ2n) is 9.98. The van der Waals surface area contributed by atoms with Crippen LogP contribution in [0.4, 0.5) is 0 Å². The number of nitrogens with zero attached hydrogens (tertiary/aromatic N) is 3. The van der Waals surface area contributed by atoms with E-state index in [1.807, 2.05) is 13.8 Å². The van der Waals surface area contributed by atoms with Crippen molar-refractivity contribution in [1.82, 2.24) is 19.1 Å². The molecule has 31 heavy (non-hydrogen) atoms. The van der Waals surface area contributed by atoms with Crippen LogP contribution in [0, 0.1) is 23.2 Å². The third-order valence-electron chi connectivity index (χ3n) is 7.82. The maximum absolute atomic E-state index is 13.2. The molecule has 4 aliphatic rings. The Balaban J connectivity index is 1.43. The summed E-state index contributed by atoms with van der Waals surface area (Å²) >= 11 is 0. The third-order valence-corrected chi connectivity index (χ3v) is 7.82. The van der Waals surface area contributed by atoms with Crippen LogP contribution in [0.1, 0.15) is 71.0 Å². The van der Waals surface area contributed by atoms with E-state index >= 15 is 0 Å². The summed E-state index contributed by atoms with van der Waals surface area (Å²) < 4.78 is 9.15. The standard InChI is InChI=1S/C23H32N4O4/c1-3-5-6-27-19-18(20(28)25-22(27)30)26(4-2)17(24-19)13-31-21(29)23-10-14-7-15(11-23)9-16(8-14)12-23/h14-16H,3-13H2,1-2H3,(H,25,28,30). The van der Waals surface area contributed by atoms with E-state index in [1.165, 1.54) is 23.8 Å². The predicted octanol–water partition coefficient (Wildman–Crippen LogP) is 2.97. The molecule has 168 valence electrons. The molecule has 0 unspecified atom stereocenters. The van der Waals surface area contributed by atoms with Crippen LogP contribution in [0.25, 0.3) is 11.2 Å². The smallest absolute Gasteiger partial charge is 0.330 e. The SMILES string of the molecule is CCCCn1c(=O)[nH]c(=O)c2c1nc(COC(=O)C13CC4CC(CC(C4)C1)C3)n2CC. The molecule has 0 aliphatic heterocycles. The number of hydrogen-bond donors (Lipinski definition) is 1. The molecule has 4 saturated carbocycles. The molecule has 8 nitrogen and oxygen atoms in total. The highest BCUT2D eigenvalue weighted by atomic mass is 16.5. The molecule has 0 atom stereocenters. The minimum atomic E-state index is -0.444. The average Bonchev–Trinajstić information content (AvgIpc) is 3.09. The number of esters is 1. The van der Waals surface area contributed by atoms with Gasteiger partial charge in [-0.25, -0.2) is 9.78 Å². The van der Waals surface area contributed by atoms with E-state index in [9.17, 15) is 14.4 Å². The first-order valence-electron chi connectivity index (χ1n) is 11.8. The van der Waals surface area contributed by atoms with Gasteiger partial charge in [-0.2, -0.15) is 0 Å². The number of aromatic nitrogens is 4. The highest BCUT2D eigenvalue weighted by Crippen LogP contribution is 2.60. The molecule has 0 radical (unpaired) electrons. The summed E-state index contributed by atoms with van der Waals surface area (Å²) in [5, 5.41) is 0. The largest absolute Gasteiger partial charge is 0.457 e. The summed E-state index contributed by atoms with van der Waals surface area (Å²) in [7, 11) is 0. The second kappa shape index (κ2) is 7.64. The molecule has 2 aromatic rings. The van der Waals surface area contributed by atoms with Gasteiger partial charge in [0.15, 0.2) is 11.2 Å². The number of imidazole rings is 1. The van der Waals surface area contributed by atoms with Crippen molar-refractivity contribution in [3.63, 3.8) is 0 Å². The Hall–Kier alpha value is -2.38. The molecule has 0 saturated heterocycles. The van der Waals surface area contributed by atoms with Gasteiger partial charge in [-0.1, -0.05) is 13.3 Å². The van der Waals surface area contributed by atoms with E-state index in [2.05, 4.69) is 9.97 Å². The van der Waals surface area contributed by atoms with Crippen molar-refractivity contribution in [3.05, 3.63) is 26.7 Å². The number of carbonyl (C=O) groups is 1. The van der Waals surface area contributed by atoms with E-state index < -0.39 is 11.2 Å². The molecule has 4 bridgehead atoms. The van der Waals surface area contributed by atoms with Crippen molar-refractivity contribution in [2.24, 2.45) is 23.2 Å². The summed E-state index contributed by atoms with van der Waals surface area (Å²) in [6, 6.07) is 0. The van der Waals surface area contributed by atoms with Crippen molar-refractivity contribution < 1.29 is 9.53 Å². The Kier molecular flexibility index (Phi) is 5.06. The first-order chi connectivity index (χ1) is 14.9. The van der Waals surface area contributed by atoms with Crippen LogP contribution in [-0.2, 0) is 29.2 Å². The number of nitrogens with one attached hydrogen (secondary N) is 1. The van der Waals surface area contributed by atoms with Crippen LogP contribution in [-0.4, -0.2) is 25.1 Å². The van der Waals surface area contributed by atoms with Crippen molar-refractivity contribution in [2.45, 2.75) is 84.9 Å². The summed E-state index contributed by atoms with van der Waals surface area (Å²) in [5.74, 6) is 2.44. The van der Waals surface area contributed by atoms with Gasteiger partial charge in [-0.05, 0) is 69.6 Å². The molecule has 6 rings (SSSR count). The van der Waals surface area contributed by atoms with Crippen LogP contribution in [0.5, 0.6) is 0 Å². The normalized spacial score (nSPS) is 29.0. The number of aromatic amines is 1. The number of rotatable bonds is 7. The maximum atomic E-state index is 13.2. The number of H-pyrrole nitrogens is 1. The lowest BCUT2D eigenvalue weighted by Crippen LogP contribution is -2.50. The van der Waals surface area contributed by atoms with Crippen molar-refractivity contribution in [2.75, 3.05) is 0 Å². The minimum Gasteiger partial charge on any atom is -0.457 e. The quantitative estimate of drug-likeness (QED) is 0.684. The van der Waals surface area contributed by atoms with E-state index in [1.54, 1.807) is 4.57 Å². The molecular formula is C23H32N4O4. The molecule has 2 heterocycles. The zero-order valence-corrected chi connectivity index (χ0v) is 18.5. The van der Waals surface area contributed by atoms with Crippen molar-refractivity contribution >= 4 is 17.1 Å². The van der Waals surface area contributed by atoms with E-state index in [-0.39, 0.29) is 18.0 Å². The van der Waals surface area contributed by atoms with Gasteiger partial charge in [0, 0.05) is 13.1 Å². The monoisotopic (exact) mass is 428 g/mol. The Labute approximate surface area is 181 Å². The molecule has 0 aromatic carbocycles. The highest BCUT2D eigenvalue weighted by molar-refractivity contribution is 5.77. The Morgan fingerprint density at radius 3 is 2.32 bits per heavy atom. The molecule has 1 N–H and O–H groups in total. The van der Waals surface area contributed by atoms with Crippen molar-refractivity contribution in [1.29, 1.82) is 0 Å². The number of ether oxygens (including phenoxy) is 1. The average molecular weight is 429 g/mol. The first-order valence-corrected chi connectivity index (χ1v) is 11.8. The fourth-order valence-corrected chi connectivity index (χ4v) is 6.84. The number of carbonyl (C=O) groups excluding carboxylic acids is 1. The molecule has 4 aliphatic carbocycles. The summed E-state index contributed by atoms with van der Waals surface area (Å²) in [5.41, 5.74) is -0.452. The van der Waals surface area contributed by atoms with Crippen molar-refractivity contribution in [3.8, 4) is 0 Å². The zero-order chi connectivity index (χ0) is 21.8. The van der Waals surface area contributed by atoms with Gasteiger partial charge < -0.3 is 9.30 Å². The Bertz CT molecular complexity index is 1090. The lowest BCUT2D eigenvalue weighted by molar-refractivity contribution is -0.173. The van der Waals surface area contributed by atoms with E-state index in [0.29, 0.717) is 47.8 Å². The van der Waals surface area contributed by atoms with Crippen LogP contribution in [0.15, 0.2) is 9.59 Å². The predicted molar refractivity (Wildman–Crippen MR) is 116 cm³/mol.